The van der Waals surface area contributed by atoms with Gasteiger partial charge in [-0.1, -0.05) is 0 Å². The van der Waals surface area contributed by atoms with Crippen molar-refractivity contribution in [3.63, 3.8) is 0 Å². The minimum absolute atomic E-state index is 0.262. The molecule has 1 aliphatic carbocycles. The Kier molecular flexibility index (Phi) is 4.85. The van der Waals surface area contributed by atoms with E-state index < -0.39 is 0 Å². The first-order chi connectivity index (χ1) is 9.04. The summed E-state index contributed by atoms with van der Waals surface area (Å²) < 4.78 is 0. The standard InChI is InChI=1S/C15H29N3O/c1-17-9-5-13(6-10-17)3-4-14(19)18(2)12-15(11-16)7-8-15/h13H,3-12,16H2,1-2H3. The molecule has 19 heavy (non-hydrogen) atoms. The van der Waals surface area contributed by atoms with E-state index in [1.54, 1.807) is 0 Å². The van der Waals surface area contributed by atoms with Crippen LogP contribution in [0.4, 0.5) is 0 Å². The van der Waals surface area contributed by atoms with Crippen LogP contribution in [0.3, 0.4) is 0 Å². The van der Waals surface area contributed by atoms with E-state index in [9.17, 15) is 4.79 Å². The van der Waals surface area contributed by atoms with Gasteiger partial charge < -0.3 is 15.5 Å². The van der Waals surface area contributed by atoms with E-state index in [0.29, 0.717) is 12.3 Å². The van der Waals surface area contributed by atoms with E-state index >= 15 is 0 Å². The summed E-state index contributed by atoms with van der Waals surface area (Å²) in [4.78, 5) is 16.4. The number of rotatable bonds is 6. The second-order valence-corrected chi connectivity index (χ2v) is 6.74. The summed E-state index contributed by atoms with van der Waals surface area (Å²) in [5.74, 6) is 1.05. The maximum absolute atomic E-state index is 12.1. The fourth-order valence-electron chi connectivity index (χ4n) is 3.06. The Balaban J connectivity index is 1.66. The van der Waals surface area contributed by atoms with E-state index in [0.717, 1.165) is 25.4 Å². The van der Waals surface area contributed by atoms with Gasteiger partial charge >= 0.3 is 0 Å². The van der Waals surface area contributed by atoms with Gasteiger partial charge in [0.25, 0.3) is 0 Å². The number of piperidine rings is 1. The molecule has 110 valence electrons. The van der Waals surface area contributed by atoms with Crippen LogP contribution in [0.5, 0.6) is 0 Å². The molecule has 4 nitrogen and oxygen atoms in total. The minimum Gasteiger partial charge on any atom is -0.345 e. The molecule has 0 unspecified atom stereocenters. The molecule has 0 aromatic heterocycles. The van der Waals surface area contributed by atoms with Gasteiger partial charge in [0.2, 0.25) is 5.91 Å². The van der Waals surface area contributed by atoms with Crippen molar-refractivity contribution in [1.29, 1.82) is 0 Å². The molecule has 2 aliphatic rings. The van der Waals surface area contributed by atoms with E-state index in [1.807, 2.05) is 11.9 Å². The van der Waals surface area contributed by atoms with Gasteiger partial charge in [-0.25, -0.2) is 0 Å². The van der Waals surface area contributed by atoms with Crippen LogP contribution < -0.4 is 5.73 Å². The van der Waals surface area contributed by atoms with Crippen molar-refractivity contribution in [1.82, 2.24) is 9.80 Å². The summed E-state index contributed by atoms with van der Waals surface area (Å²) in [6.07, 6.45) is 6.66. The van der Waals surface area contributed by atoms with Crippen molar-refractivity contribution >= 4 is 5.91 Å². The smallest absolute Gasteiger partial charge is 0.222 e. The second-order valence-electron chi connectivity index (χ2n) is 6.74. The number of nitrogens with two attached hydrogens (primary N) is 1. The van der Waals surface area contributed by atoms with Crippen LogP contribution in [0.1, 0.15) is 38.5 Å². The SMILES string of the molecule is CN1CCC(CCC(=O)N(C)CC2(CN)CC2)CC1. The van der Waals surface area contributed by atoms with Crippen molar-refractivity contribution in [3.05, 3.63) is 0 Å². The molecular formula is C15H29N3O. The van der Waals surface area contributed by atoms with E-state index in [1.165, 1.54) is 38.8 Å². The van der Waals surface area contributed by atoms with Crippen LogP contribution in [-0.2, 0) is 4.79 Å². The average Bonchev–Trinajstić information content (AvgIpc) is 3.18. The zero-order valence-corrected chi connectivity index (χ0v) is 12.5. The predicted octanol–water partition coefficient (Wildman–Crippen LogP) is 1.31. The number of nitrogens with zero attached hydrogens (tertiary/aromatic N) is 2. The molecule has 0 atom stereocenters. The maximum atomic E-state index is 12.1. The third-order valence-corrected chi connectivity index (χ3v) is 4.99. The van der Waals surface area contributed by atoms with Crippen LogP contribution in [0, 0.1) is 11.3 Å². The predicted molar refractivity (Wildman–Crippen MR) is 77.8 cm³/mol. The highest BCUT2D eigenvalue weighted by atomic mass is 16.2. The van der Waals surface area contributed by atoms with Crippen molar-refractivity contribution < 1.29 is 4.79 Å². The van der Waals surface area contributed by atoms with Crippen LogP contribution in [0.15, 0.2) is 0 Å². The lowest BCUT2D eigenvalue weighted by atomic mass is 9.92. The number of hydrogen-bond donors (Lipinski definition) is 1. The Morgan fingerprint density at radius 2 is 2.00 bits per heavy atom. The fourth-order valence-corrected chi connectivity index (χ4v) is 3.06. The number of carbonyl (C=O) groups excluding carboxylic acids is 1. The van der Waals surface area contributed by atoms with Crippen molar-refractivity contribution in [2.24, 2.45) is 17.1 Å². The molecule has 0 radical (unpaired) electrons. The minimum atomic E-state index is 0.262. The highest BCUT2D eigenvalue weighted by molar-refractivity contribution is 5.75. The maximum Gasteiger partial charge on any atom is 0.222 e. The summed E-state index contributed by atoms with van der Waals surface area (Å²) in [5.41, 5.74) is 6.04. The number of hydrogen-bond acceptors (Lipinski definition) is 3. The topological polar surface area (TPSA) is 49.6 Å². The molecule has 0 aromatic rings. The quantitative estimate of drug-likeness (QED) is 0.789. The Bertz CT molecular complexity index is 307. The molecule has 2 rings (SSSR count). The third kappa shape index (κ3) is 4.18. The zero-order chi connectivity index (χ0) is 13.9. The van der Waals surface area contributed by atoms with Crippen molar-refractivity contribution in [3.8, 4) is 0 Å². The van der Waals surface area contributed by atoms with Gasteiger partial charge in [0.1, 0.15) is 0 Å². The van der Waals surface area contributed by atoms with Crippen LogP contribution in [0.2, 0.25) is 0 Å². The second kappa shape index (κ2) is 6.23. The number of likely N-dealkylation sites (tertiary alicyclic amines) is 1. The van der Waals surface area contributed by atoms with Crippen LogP contribution in [-0.4, -0.2) is 56.0 Å². The number of carbonyl (C=O) groups is 1. The average molecular weight is 267 g/mol. The highest BCUT2D eigenvalue weighted by Gasteiger charge is 2.42. The van der Waals surface area contributed by atoms with Crippen LogP contribution in [0.25, 0.3) is 0 Å². The molecule has 0 spiro atoms. The Morgan fingerprint density at radius 1 is 1.37 bits per heavy atom. The molecular weight excluding hydrogens is 238 g/mol. The first kappa shape index (κ1) is 14.8. The van der Waals surface area contributed by atoms with E-state index in [4.69, 9.17) is 5.73 Å². The monoisotopic (exact) mass is 267 g/mol. The molecule has 0 bridgehead atoms. The van der Waals surface area contributed by atoms with Gasteiger partial charge in [-0.05, 0) is 64.7 Å². The van der Waals surface area contributed by atoms with Gasteiger partial charge in [-0.2, -0.15) is 0 Å². The Hall–Kier alpha value is -0.610. The fraction of sp³-hybridized carbons (Fsp3) is 0.933. The Morgan fingerprint density at radius 3 is 2.53 bits per heavy atom. The normalized spacial score (nSPS) is 23.3. The molecule has 1 aliphatic heterocycles. The van der Waals surface area contributed by atoms with Crippen LogP contribution >= 0.6 is 0 Å². The molecule has 1 saturated carbocycles. The first-order valence-corrected chi connectivity index (χ1v) is 7.67. The van der Waals surface area contributed by atoms with E-state index in [2.05, 4.69) is 11.9 Å². The van der Waals surface area contributed by atoms with Gasteiger partial charge in [0.15, 0.2) is 0 Å². The Labute approximate surface area is 117 Å². The molecule has 0 aromatic carbocycles. The van der Waals surface area contributed by atoms with Gasteiger partial charge in [-0.15, -0.1) is 0 Å². The third-order valence-electron chi connectivity index (χ3n) is 4.99. The van der Waals surface area contributed by atoms with Gasteiger partial charge in [-0.3, -0.25) is 4.79 Å². The largest absolute Gasteiger partial charge is 0.345 e. The van der Waals surface area contributed by atoms with E-state index in [-0.39, 0.29) is 5.41 Å². The first-order valence-electron chi connectivity index (χ1n) is 7.67. The summed E-state index contributed by atoms with van der Waals surface area (Å²) in [6.45, 7) is 3.95. The van der Waals surface area contributed by atoms with Crippen molar-refractivity contribution in [2.45, 2.75) is 38.5 Å². The lowest BCUT2D eigenvalue weighted by Crippen LogP contribution is -2.36. The summed E-state index contributed by atoms with van der Waals surface area (Å²) in [6, 6.07) is 0. The summed E-state index contributed by atoms with van der Waals surface area (Å²) in [5, 5.41) is 0. The molecule has 2 N–H and O–H groups in total. The highest BCUT2D eigenvalue weighted by Crippen LogP contribution is 2.44. The number of amides is 1. The lowest BCUT2D eigenvalue weighted by Gasteiger charge is -2.29. The molecule has 1 amide bonds. The lowest BCUT2D eigenvalue weighted by molar-refractivity contribution is -0.131. The van der Waals surface area contributed by atoms with Crippen molar-refractivity contribution in [2.75, 3.05) is 40.3 Å². The molecule has 4 heteroatoms. The van der Waals surface area contributed by atoms with Gasteiger partial charge in [0, 0.05) is 25.4 Å². The zero-order valence-electron chi connectivity index (χ0n) is 12.5. The molecule has 2 fully saturated rings. The molecule has 1 heterocycles. The molecule has 1 saturated heterocycles. The van der Waals surface area contributed by atoms with Gasteiger partial charge in [0.05, 0.1) is 0 Å². The summed E-state index contributed by atoms with van der Waals surface area (Å²) in [7, 11) is 4.11. The summed E-state index contributed by atoms with van der Waals surface area (Å²) >= 11 is 0.